The molecule has 0 atom stereocenters. The Kier molecular flexibility index (Phi) is 3.89. The number of amides is 1. The smallest absolute Gasteiger partial charge is 0.220 e. The quantitative estimate of drug-likeness (QED) is 0.869. The van der Waals surface area contributed by atoms with Gasteiger partial charge in [-0.3, -0.25) is 9.89 Å². The second-order valence-electron chi connectivity index (χ2n) is 7.57. The number of H-pyrrole nitrogens is 1. The molecule has 5 nitrogen and oxygen atoms in total. The molecule has 1 aromatic heterocycles. The van der Waals surface area contributed by atoms with Crippen molar-refractivity contribution in [2.45, 2.75) is 65.8 Å². The first-order valence-corrected chi connectivity index (χ1v) is 7.37. The van der Waals surface area contributed by atoms with Gasteiger partial charge in [0.1, 0.15) is 5.82 Å². The predicted molar refractivity (Wildman–Crippen MR) is 78.1 cm³/mol. The fourth-order valence-corrected chi connectivity index (χ4v) is 2.38. The predicted octanol–water partition coefficient (Wildman–Crippen LogP) is 2.54. The van der Waals surface area contributed by atoms with Crippen molar-refractivity contribution in [2.24, 2.45) is 11.3 Å². The molecular weight excluding hydrogens is 252 g/mol. The first-order chi connectivity index (χ1) is 9.18. The minimum Gasteiger partial charge on any atom is -0.349 e. The van der Waals surface area contributed by atoms with Crippen molar-refractivity contribution in [3.05, 3.63) is 11.6 Å². The van der Waals surface area contributed by atoms with Crippen LogP contribution in [-0.4, -0.2) is 21.1 Å². The summed E-state index contributed by atoms with van der Waals surface area (Å²) in [5.74, 6) is 2.30. The van der Waals surface area contributed by atoms with Crippen LogP contribution in [0.3, 0.4) is 0 Å². The maximum atomic E-state index is 12.0. The standard InChI is InChI=1S/C15H26N4O/c1-14(2,3)13-17-11(18-19-13)9-16-12(20)8-15(4,5)10-6-7-10/h10H,6-9H2,1-5H3,(H,16,20)(H,17,18,19). The molecule has 1 aliphatic rings. The summed E-state index contributed by atoms with van der Waals surface area (Å²) in [4.78, 5) is 16.4. The van der Waals surface area contributed by atoms with E-state index in [-0.39, 0.29) is 16.7 Å². The van der Waals surface area contributed by atoms with E-state index in [0.717, 1.165) is 5.82 Å². The molecule has 0 radical (unpaired) electrons. The van der Waals surface area contributed by atoms with E-state index in [1.807, 2.05) is 0 Å². The van der Waals surface area contributed by atoms with Gasteiger partial charge in [-0.2, -0.15) is 5.10 Å². The fraction of sp³-hybridized carbons (Fsp3) is 0.800. The summed E-state index contributed by atoms with van der Waals surface area (Å²) < 4.78 is 0. The third-order valence-corrected chi connectivity index (χ3v) is 3.95. The molecule has 0 bridgehead atoms. The number of nitrogens with zero attached hydrogens (tertiary/aromatic N) is 2. The summed E-state index contributed by atoms with van der Waals surface area (Å²) in [7, 11) is 0. The van der Waals surface area contributed by atoms with Gasteiger partial charge in [-0.1, -0.05) is 34.6 Å². The molecule has 0 aromatic carbocycles. The molecule has 1 aromatic rings. The lowest BCUT2D eigenvalue weighted by Crippen LogP contribution is -2.29. The van der Waals surface area contributed by atoms with Crippen LogP contribution in [0.2, 0.25) is 0 Å². The van der Waals surface area contributed by atoms with Crippen LogP contribution in [0.25, 0.3) is 0 Å². The zero-order valence-electron chi connectivity index (χ0n) is 13.2. The number of rotatable bonds is 5. The van der Waals surface area contributed by atoms with E-state index in [2.05, 4.69) is 55.1 Å². The lowest BCUT2D eigenvalue weighted by molar-refractivity contribution is -0.123. The Balaban J connectivity index is 1.83. The molecule has 5 heteroatoms. The summed E-state index contributed by atoms with van der Waals surface area (Å²) in [6.07, 6.45) is 3.10. The van der Waals surface area contributed by atoms with Gasteiger partial charge in [-0.05, 0) is 24.2 Å². The second kappa shape index (κ2) is 5.19. The normalized spacial score (nSPS) is 16.2. The molecule has 1 saturated carbocycles. The van der Waals surface area contributed by atoms with Gasteiger partial charge in [0.25, 0.3) is 0 Å². The Morgan fingerprint density at radius 2 is 1.95 bits per heavy atom. The molecule has 0 spiro atoms. The van der Waals surface area contributed by atoms with Gasteiger partial charge in [0, 0.05) is 11.8 Å². The lowest BCUT2D eigenvalue weighted by Gasteiger charge is -2.23. The summed E-state index contributed by atoms with van der Waals surface area (Å²) >= 11 is 0. The molecule has 2 rings (SSSR count). The van der Waals surface area contributed by atoms with Crippen LogP contribution in [0.15, 0.2) is 0 Å². The van der Waals surface area contributed by atoms with Gasteiger partial charge in [-0.25, -0.2) is 4.98 Å². The number of carbonyl (C=O) groups is 1. The van der Waals surface area contributed by atoms with E-state index in [9.17, 15) is 4.79 Å². The van der Waals surface area contributed by atoms with Crippen LogP contribution in [0.4, 0.5) is 0 Å². The number of hydrogen-bond acceptors (Lipinski definition) is 3. The minimum atomic E-state index is -0.0767. The third kappa shape index (κ3) is 3.81. The van der Waals surface area contributed by atoms with E-state index in [4.69, 9.17) is 0 Å². The molecule has 0 saturated heterocycles. The molecular formula is C15H26N4O. The Morgan fingerprint density at radius 1 is 1.30 bits per heavy atom. The van der Waals surface area contributed by atoms with Crippen molar-refractivity contribution >= 4 is 5.91 Å². The average Bonchev–Trinajstić information content (AvgIpc) is 3.05. The van der Waals surface area contributed by atoms with Crippen molar-refractivity contribution in [3.8, 4) is 0 Å². The number of aromatic nitrogens is 3. The van der Waals surface area contributed by atoms with Gasteiger partial charge in [0.05, 0.1) is 6.54 Å². The summed E-state index contributed by atoms with van der Waals surface area (Å²) in [5.41, 5.74) is 0.0365. The number of nitrogens with one attached hydrogen (secondary N) is 2. The fourth-order valence-electron chi connectivity index (χ4n) is 2.38. The first-order valence-electron chi connectivity index (χ1n) is 7.37. The van der Waals surface area contributed by atoms with Crippen LogP contribution in [0.5, 0.6) is 0 Å². The zero-order valence-corrected chi connectivity index (χ0v) is 13.2. The van der Waals surface area contributed by atoms with E-state index >= 15 is 0 Å². The zero-order chi connectivity index (χ0) is 15.0. The molecule has 1 amide bonds. The Bertz CT molecular complexity index is 480. The van der Waals surface area contributed by atoms with E-state index < -0.39 is 0 Å². The van der Waals surface area contributed by atoms with Crippen LogP contribution in [-0.2, 0) is 16.8 Å². The molecule has 1 fully saturated rings. The van der Waals surface area contributed by atoms with E-state index in [1.165, 1.54) is 12.8 Å². The molecule has 1 aliphatic carbocycles. The maximum Gasteiger partial charge on any atom is 0.220 e. The van der Waals surface area contributed by atoms with Gasteiger partial charge >= 0.3 is 0 Å². The van der Waals surface area contributed by atoms with Gasteiger partial charge in [0.15, 0.2) is 5.82 Å². The number of aromatic amines is 1. The van der Waals surface area contributed by atoms with Crippen LogP contribution in [0, 0.1) is 11.3 Å². The van der Waals surface area contributed by atoms with Crippen LogP contribution < -0.4 is 5.32 Å². The Hall–Kier alpha value is -1.39. The van der Waals surface area contributed by atoms with Crippen molar-refractivity contribution < 1.29 is 4.79 Å². The highest BCUT2D eigenvalue weighted by Gasteiger charge is 2.38. The lowest BCUT2D eigenvalue weighted by atomic mass is 9.83. The average molecular weight is 278 g/mol. The van der Waals surface area contributed by atoms with Gasteiger partial charge in [-0.15, -0.1) is 0 Å². The molecule has 0 unspecified atom stereocenters. The largest absolute Gasteiger partial charge is 0.349 e. The highest BCUT2D eigenvalue weighted by molar-refractivity contribution is 5.76. The van der Waals surface area contributed by atoms with E-state index in [1.54, 1.807) is 0 Å². The third-order valence-electron chi connectivity index (χ3n) is 3.95. The molecule has 20 heavy (non-hydrogen) atoms. The van der Waals surface area contributed by atoms with Crippen LogP contribution >= 0.6 is 0 Å². The molecule has 112 valence electrons. The maximum absolute atomic E-state index is 12.0. The summed E-state index contributed by atoms with van der Waals surface area (Å²) in [6, 6.07) is 0. The van der Waals surface area contributed by atoms with Gasteiger partial charge < -0.3 is 5.32 Å². The monoisotopic (exact) mass is 278 g/mol. The topological polar surface area (TPSA) is 70.7 Å². The highest BCUT2D eigenvalue weighted by atomic mass is 16.1. The summed E-state index contributed by atoms with van der Waals surface area (Å²) in [6.45, 7) is 11.0. The minimum absolute atomic E-state index is 0.0767. The van der Waals surface area contributed by atoms with Crippen molar-refractivity contribution in [2.75, 3.05) is 0 Å². The molecule has 1 heterocycles. The van der Waals surface area contributed by atoms with Crippen LogP contribution in [0.1, 0.15) is 65.5 Å². The van der Waals surface area contributed by atoms with Crippen molar-refractivity contribution in [3.63, 3.8) is 0 Å². The number of hydrogen-bond donors (Lipinski definition) is 2. The molecule has 0 aliphatic heterocycles. The van der Waals surface area contributed by atoms with Gasteiger partial charge in [0.2, 0.25) is 5.91 Å². The Labute approximate surface area is 120 Å². The van der Waals surface area contributed by atoms with E-state index in [0.29, 0.717) is 24.7 Å². The second-order valence-corrected chi connectivity index (χ2v) is 7.57. The first kappa shape index (κ1) is 15.0. The Morgan fingerprint density at radius 3 is 2.45 bits per heavy atom. The van der Waals surface area contributed by atoms with Crippen molar-refractivity contribution in [1.82, 2.24) is 20.5 Å². The summed E-state index contributed by atoms with van der Waals surface area (Å²) in [5, 5.41) is 10.0. The SMILES string of the molecule is CC(C)(C)c1n[nH]c(CNC(=O)CC(C)(C)C2CC2)n1. The number of carbonyl (C=O) groups excluding carboxylic acids is 1. The molecule has 2 N–H and O–H groups in total. The van der Waals surface area contributed by atoms with Crippen molar-refractivity contribution in [1.29, 1.82) is 0 Å². The highest BCUT2D eigenvalue weighted by Crippen LogP contribution is 2.47.